The molecule has 0 atom stereocenters. The van der Waals surface area contributed by atoms with Crippen molar-refractivity contribution in [2.75, 3.05) is 17.7 Å². The number of carbonyl (C=O) groups is 2. The normalized spacial score (nSPS) is 11.5. The van der Waals surface area contributed by atoms with Gasteiger partial charge in [-0.15, -0.1) is 32.9 Å². The van der Waals surface area contributed by atoms with Gasteiger partial charge in [-0.05, 0) is 18.4 Å². The van der Waals surface area contributed by atoms with Gasteiger partial charge < -0.3 is 14.6 Å². The number of hydrogen-bond donors (Lipinski definition) is 1. The molecule has 30 heavy (non-hydrogen) atoms. The molecule has 160 valence electrons. The molecule has 0 spiro atoms. The molecule has 3 aromatic heterocycles. The topological polar surface area (TPSA) is 86.1 Å². The van der Waals surface area contributed by atoms with Gasteiger partial charge in [0, 0.05) is 22.9 Å². The van der Waals surface area contributed by atoms with Crippen molar-refractivity contribution in [3.63, 3.8) is 0 Å². The van der Waals surface area contributed by atoms with Crippen LogP contribution < -0.4 is 5.32 Å². The molecule has 7 nitrogen and oxygen atoms in total. The summed E-state index contributed by atoms with van der Waals surface area (Å²) in [5, 5.41) is 13.1. The van der Waals surface area contributed by atoms with Crippen molar-refractivity contribution in [1.29, 1.82) is 0 Å². The number of aromatic nitrogens is 3. The molecule has 0 bridgehead atoms. The van der Waals surface area contributed by atoms with Gasteiger partial charge in [-0.3, -0.25) is 4.79 Å². The Hall–Kier alpha value is -2.38. The zero-order valence-electron chi connectivity index (χ0n) is 15.6. The van der Waals surface area contributed by atoms with Crippen molar-refractivity contribution in [3.05, 3.63) is 34.3 Å². The van der Waals surface area contributed by atoms with Gasteiger partial charge in [0.25, 0.3) is 0 Å². The van der Waals surface area contributed by atoms with Crippen LogP contribution >= 0.6 is 34.4 Å². The number of nitrogens with zero attached hydrogens (tertiary/aromatic N) is 3. The van der Waals surface area contributed by atoms with Crippen LogP contribution in [0.5, 0.6) is 0 Å². The van der Waals surface area contributed by atoms with Crippen LogP contribution in [0.15, 0.2) is 28.0 Å². The van der Waals surface area contributed by atoms with E-state index in [0.717, 1.165) is 21.2 Å². The Kier molecular flexibility index (Phi) is 6.83. The molecule has 0 fully saturated rings. The van der Waals surface area contributed by atoms with Crippen molar-refractivity contribution in [1.82, 2.24) is 14.8 Å². The minimum Gasteiger partial charge on any atom is -0.462 e. The summed E-state index contributed by atoms with van der Waals surface area (Å²) in [6.07, 6.45) is -4.63. The third-order valence-electron chi connectivity index (χ3n) is 3.73. The third-order valence-corrected chi connectivity index (χ3v) is 6.55. The molecule has 0 aliphatic rings. The number of thiophene rings is 2. The van der Waals surface area contributed by atoms with Crippen molar-refractivity contribution in [2.24, 2.45) is 7.05 Å². The molecule has 13 heteroatoms. The Morgan fingerprint density at radius 1 is 1.30 bits per heavy atom. The second kappa shape index (κ2) is 9.18. The van der Waals surface area contributed by atoms with E-state index in [0.29, 0.717) is 10.6 Å². The molecule has 3 rings (SSSR count). The summed E-state index contributed by atoms with van der Waals surface area (Å²) >= 11 is 3.42. The fraction of sp³-hybridized carbons (Fsp3) is 0.294. The van der Waals surface area contributed by atoms with E-state index in [-0.39, 0.29) is 23.1 Å². The lowest BCUT2D eigenvalue weighted by Crippen LogP contribution is -2.17. The molecular formula is C17H15F3N4O3S3. The van der Waals surface area contributed by atoms with E-state index in [1.54, 1.807) is 12.3 Å². The number of thioether (sulfide) groups is 1. The van der Waals surface area contributed by atoms with E-state index >= 15 is 0 Å². The largest absolute Gasteiger partial charge is 0.462 e. The fourth-order valence-electron chi connectivity index (χ4n) is 2.45. The predicted octanol–water partition coefficient (Wildman–Crippen LogP) is 4.53. The van der Waals surface area contributed by atoms with Gasteiger partial charge in [-0.2, -0.15) is 13.2 Å². The zero-order valence-corrected chi connectivity index (χ0v) is 18.1. The van der Waals surface area contributed by atoms with Crippen molar-refractivity contribution < 1.29 is 27.5 Å². The fourth-order valence-corrected chi connectivity index (χ4v) is 4.95. The number of hydrogen-bond acceptors (Lipinski definition) is 8. The highest BCUT2D eigenvalue weighted by Crippen LogP contribution is 2.38. The molecule has 0 saturated carbocycles. The molecule has 1 amide bonds. The van der Waals surface area contributed by atoms with Crippen LogP contribution in [-0.4, -0.2) is 39.0 Å². The van der Waals surface area contributed by atoms with Crippen LogP contribution in [0.2, 0.25) is 0 Å². The molecule has 0 saturated heterocycles. The number of esters is 1. The van der Waals surface area contributed by atoms with Crippen LogP contribution in [0.3, 0.4) is 0 Å². The van der Waals surface area contributed by atoms with Crippen LogP contribution in [0, 0.1) is 0 Å². The third kappa shape index (κ3) is 4.84. The predicted molar refractivity (Wildman–Crippen MR) is 109 cm³/mol. The van der Waals surface area contributed by atoms with E-state index in [1.807, 2.05) is 17.5 Å². The average molecular weight is 477 g/mol. The number of rotatable bonds is 7. The second-order valence-electron chi connectivity index (χ2n) is 5.75. The molecule has 0 aliphatic heterocycles. The van der Waals surface area contributed by atoms with E-state index in [1.165, 1.54) is 29.7 Å². The lowest BCUT2D eigenvalue weighted by atomic mass is 10.1. The molecule has 0 radical (unpaired) electrons. The van der Waals surface area contributed by atoms with Crippen LogP contribution in [0.4, 0.5) is 18.2 Å². The summed E-state index contributed by atoms with van der Waals surface area (Å²) < 4.78 is 44.3. The summed E-state index contributed by atoms with van der Waals surface area (Å²) in [4.78, 5) is 25.7. The summed E-state index contributed by atoms with van der Waals surface area (Å²) in [7, 11) is 1.18. The number of anilines is 1. The van der Waals surface area contributed by atoms with Gasteiger partial charge in [0.2, 0.25) is 11.7 Å². The van der Waals surface area contributed by atoms with Crippen LogP contribution in [0.1, 0.15) is 23.1 Å². The van der Waals surface area contributed by atoms with E-state index in [2.05, 4.69) is 15.5 Å². The summed E-state index contributed by atoms with van der Waals surface area (Å²) in [5.41, 5.74) is 0.903. The smallest absolute Gasteiger partial charge is 0.451 e. The van der Waals surface area contributed by atoms with Gasteiger partial charge in [0.15, 0.2) is 5.16 Å². The monoisotopic (exact) mass is 476 g/mol. The molecule has 3 aromatic rings. The first-order valence-corrected chi connectivity index (χ1v) is 11.2. The summed E-state index contributed by atoms with van der Waals surface area (Å²) in [6.45, 7) is 1.86. The van der Waals surface area contributed by atoms with E-state index in [9.17, 15) is 22.8 Å². The Balaban J connectivity index is 1.74. The summed E-state index contributed by atoms with van der Waals surface area (Å²) in [6, 6.07) is 3.70. The first kappa shape index (κ1) is 22.3. The van der Waals surface area contributed by atoms with Crippen molar-refractivity contribution in [2.45, 2.75) is 18.3 Å². The SMILES string of the molecule is CCOC(=O)c1c(-c2cccs2)csc1NC(=O)CSc1nnc(C(F)(F)F)n1C. The summed E-state index contributed by atoms with van der Waals surface area (Å²) in [5.74, 6) is -2.41. The van der Waals surface area contributed by atoms with E-state index < -0.39 is 23.9 Å². The second-order valence-corrected chi connectivity index (χ2v) is 8.52. The van der Waals surface area contributed by atoms with Gasteiger partial charge in [-0.25, -0.2) is 4.79 Å². The Bertz CT molecular complexity index is 1040. The maximum atomic E-state index is 12.8. The zero-order chi connectivity index (χ0) is 21.9. The molecule has 0 aromatic carbocycles. The first-order valence-electron chi connectivity index (χ1n) is 8.44. The van der Waals surface area contributed by atoms with Crippen LogP contribution in [-0.2, 0) is 22.8 Å². The lowest BCUT2D eigenvalue weighted by molar-refractivity contribution is -0.147. The molecule has 3 heterocycles. The van der Waals surface area contributed by atoms with Gasteiger partial charge in [0.1, 0.15) is 10.6 Å². The Morgan fingerprint density at radius 3 is 2.67 bits per heavy atom. The molecule has 1 N–H and O–H groups in total. The van der Waals surface area contributed by atoms with E-state index in [4.69, 9.17) is 4.74 Å². The quantitative estimate of drug-likeness (QED) is 0.398. The highest BCUT2D eigenvalue weighted by atomic mass is 32.2. The number of ether oxygens (including phenoxy) is 1. The highest BCUT2D eigenvalue weighted by molar-refractivity contribution is 7.99. The Morgan fingerprint density at radius 2 is 2.07 bits per heavy atom. The van der Waals surface area contributed by atoms with Gasteiger partial charge in [0.05, 0.1) is 12.4 Å². The van der Waals surface area contributed by atoms with Crippen LogP contribution in [0.25, 0.3) is 10.4 Å². The highest BCUT2D eigenvalue weighted by Gasteiger charge is 2.37. The first-order chi connectivity index (χ1) is 14.2. The van der Waals surface area contributed by atoms with Gasteiger partial charge in [-0.1, -0.05) is 17.8 Å². The number of carbonyl (C=O) groups excluding carboxylic acids is 2. The number of nitrogens with one attached hydrogen (secondary N) is 1. The minimum absolute atomic E-state index is 0.0476. The lowest BCUT2D eigenvalue weighted by Gasteiger charge is -2.08. The standard InChI is InChI=1S/C17H15F3N4O3S3/c1-3-27-14(26)12-9(10-5-4-6-28-10)7-29-13(12)21-11(25)8-30-16-23-22-15(24(16)2)17(18,19)20/h4-7H,3,8H2,1-2H3,(H,21,25). The molecule has 0 aliphatic carbocycles. The number of amides is 1. The van der Waals surface area contributed by atoms with Gasteiger partial charge >= 0.3 is 12.1 Å². The average Bonchev–Trinajstić information content (AvgIpc) is 3.39. The minimum atomic E-state index is -4.63. The van der Waals surface area contributed by atoms with Crippen molar-refractivity contribution in [3.8, 4) is 10.4 Å². The maximum Gasteiger partial charge on any atom is 0.451 e. The Labute approximate surface area is 181 Å². The number of halogens is 3. The maximum absolute atomic E-state index is 12.8. The van der Waals surface area contributed by atoms with Crippen molar-refractivity contribution >= 4 is 51.3 Å². The molecular weight excluding hydrogens is 461 g/mol. The number of alkyl halides is 3. The molecule has 0 unspecified atom stereocenters.